The number of H-pyrrole nitrogens is 1. The molecule has 0 spiro atoms. The summed E-state index contributed by atoms with van der Waals surface area (Å²) < 4.78 is 32.4. The van der Waals surface area contributed by atoms with Crippen molar-refractivity contribution in [3.8, 4) is 5.75 Å². The van der Waals surface area contributed by atoms with E-state index in [-0.39, 0.29) is 16.0 Å². The van der Waals surface area contributed by atoms with Crippen LogP contribution in [-0.4, -0.2) is 37.8 Å². The fraction of sp³-hybridized carbons (Fsp3) is 0.381. The van der Waals surface area contributed by atoms with Crippen LogP contribution in [0.4, 0.5) is 0 Å². The van der Waals surface area contributed by atoms with Crippen LogP contribution in [0.1, 0.15) is 38.2 Å². The molecule has 1 saturated heterocycles. The summed E-state index contributed by atoms with van der Waals surface area (Å²) in [5.41, 5.74) is 1.71. The molecule has 0 radical (unpaired) electrons. The number of rotatable bonds is 5. The van der Waals surface area contributed by atoms with Crippen molar-refractivity contribution in [1.82, 2.24) is 15.5 Å². The van der Waals surface area contributed by atoms with Crippen LogP contribution in [0.3, 0.4) is 0 Å². The summed E-state index contributed by atoms with van der Waals surface area (Å²) >= 11 is 0. The molecule has 1 aromatic heterocycles. The van der Waals surface area contributed by atoms with Gasteiger partial charge in [-0.05, 0) is 67.7 Å². The fourth-order valence-corrected chi connectivity index (χ4v) is 4.85. The van der Waals surface area contributed by atoms with Gasteiger partial charge in [-0.3, -0.25) is 5.10 Å². The Kier molecular flexibility index (Phi) is 5.12. The monoisotopic (exact) mass is 399 g/mol. The second-order valence-corrected chi connectivity index (χ2v) is 9.41. The summed E-state index contributed by atoms with van der Waals surface area (Å²) in [5, 5.41) is 10.9. The van der Waals surface area contributed by atoms with Gasteiger partial charge < -0.3 is 10.1 Å². The lowest BCUT2D eigenvalue weighted by Gasteiger charge is -2.23. The Morgan fingerprint density at radius 1 is 1.07 bits per heavy atom. The van der Waals surface area contributed by atoms with E-state index >= 15 is 0 Å². The van der Waals surface area contributed by atoms with E-state index in [9.17, 15) is 8.42 Å². The van der Waals surface area contributed by atoms with Crippen molar-refractivity contribution < 1.29 is 13.2 Å². The highest BCUT2D eigenvalue weighted by Crippen LogP contribution is 2.30. The molecule has 2 N–H and O–H groups in total. The zero-order valence-corrected chi connectivity index (χ0v) is 16.9. The maximum atomic E-state index is 13.2. The van der Waals surface area contributed by atoms with Crippen molar-refractivity contribution in [2.45, 2.75) is 48.6 Å². The number of hydrogen-bond donors (Lipinski definition) is 2. The first-order chi connectivity index (χ1) is 13.4. The molecular formula is C21H25N3O3S. The molecule has 2 heterocycles. The largest absolute Gasteiger partial charge is 0.490 e. The molecule has 6 nitrogen and oxygen atoms in total. The van der Waals surface area contributed by atoms with Crippen molar-refractivity contribution in [3.05, 3.63) is 48.0 Å². The summed E-state index contributed by atoms with van der Waals surface area (Å²) in [5.74, 6) is 1.02. The van der Waals surface area contributed by atoms with Crippen LogP contribution in [0.15, 0.2) is 52.4 Å². The minimum atomic E-state index is -3.70. The van der Waals surface area contributed by atoms with E-state index in [1.165, 1.54) is 0 Å². The van der Waals surface area contributed by atoms with Gasteiger partial charge in [0.15, 0.2) is 5.03 Å². The molecule has 0 amide bonds. The lowest BCUT2D eigenvalue weighted by atomic mass is 10.0. The lowest BCUT2D eigenvalue weighted by Crippen LogP contribution is -2.34. The highest BCUT2D eigenvalue weighted by Gasteiger charge is 2.24. The highest BCUT2D eigenvalue weighted by atomic mass is 32.2. The van der Waals surface area contributed by atoms with Gasteiger partial charge in [0, 0.05) is 5.39 Å². The molecule has 4 rings (SSSR count). The number of aromatic amines is 1. The van der Waals surface area contributed by atoms with E-state index in [4.69, 9.17) is 4.74 Å². The van der Waals surface area contributed by atoms with Crippen molar-refractivity contribution in [1.29, 1.82) is 0 Å². The highest BCUT2D eigenvalue weighted by molar-refractivity contribution is 7.91. The Balaban J connectivity index is 1.68. The van der Waals surface area contributed by atoms with Gasteiger partial charge in [-0.2, -0.15) is 5.10 Å². The average Bonchev–Trinajstić information content (AvgIpc) is 3.13. The Hall–Kier alpha value is -2.38. The van der Waals surface area contributed by atoms with Crippen molar-refractivity contribution in [2.75, 3.05) is 13.1 Å². The normalized spacial score (nSPS) is 16.0. The standard InChI is InChI=1S/C21H25N3O3S/c1-14(2)15-3-6-18(7-4-15)28(25,26)21-19-13-17(5-8-20(19)23-24-21)27-16-9-11-22-12-10-16/h3-8,13-14,16,22H,9-12H2,1-2H3,(H,23,24). The van der Waals surface area contributed by atoms with Gasteiger partial charge in [-0.1, -0.05) is 26.0 Å². The van der Waals surface area contributed by atoms with Gasteiger partial charge >= 0.3 is 0 Å². The zero-order valence-electron chi connectivity index (χ0n) is 16.1. The second-order valence-electron chi connectivity index (χ2n) is 7.53. The van der Waals surface area contributed by atoms with Crippen LogP contribution in [-0.2, 0) is 9.84 Å². The molecule has 0 aliphatic carbocycles. The quantitative estimate of drug-likeness (QED) is 0.684. The van der Waals surface area contributed by atoms with Crippen molar-refractivity contribution >= 4 is 20.7 Å². The van der Waals surface area contributed by atoms with Gasteiger partial charge in [-0.25, -0.2) is 8.42 Å². The Morgan fingerprint density at radius 2 is 1.79 bits per heavy atom. The number of hydrogen-bond acceptors (Lipinski definition) is 5. The van der Waals surface area contributed by atoms with Crippen LogP contribution in [0.2, 0.25) is 0 Å². The first kappa shape index (κ1) is 19.0. The third-order valence-electron chi connectivity index (χ3n) is 5.21. The topological polar surface area (TPSA) is 84.1 Å². The molecule has 28 heavy (non-hydrogen) atoms. The summed E-state index contributed by atoms with van der Waals surface area (Å²) in [7, 11) is -3.70. The van der Waals surface area contributed by atoms with E-state index in [0.717, 1.165) is 31.5 Å². The minimum absolute atomic E-state index is 0.107. The zero-order chi connectivity index (χ0) is 19.7. The molecule has 1 aliphatic heterocycles. The third kappa shape index (κ3) is 3.64. The number of nitrogens with zero attached hydrogens (tertiary/aromatic N) is 1. The van der Waals surface area contributed by atoms with E-state index in [1.807, 2.05) is 18.2 Å². The van der Waals surface area contributed by atoms with E-state index in [0.29, 0.717) is 22.6 Å². The van der Waals surface area contributed by atoms with Gasteiger partial charge in [0.2, 0.25) is 9.84 Å². The molecule has 0 saturated carbocycles. The summed E-state index contributed by atoms with van der Waals surface area (Å²) in [6.07, 6.45) is 2.03. The van der Waals surface area contributed by atoms with Gasteiger partial charge in [0.05, 0.1) is 10.4 Å². The predicted molar refractivity (Wildman–Crippen MR) is 109 cm³/mol. The number of aromatic nitrogens is 2. The lowest BCUT2D eigenvalue weighted by molar-refractivity contribution is 0.162. The third-order valence-corrected chi connectivity index (χ3v) is 6.95. The van der Waals surface area contributed by atoms with E-state index in [2.05, 4.69) is 29.4 Å². The smallest absolute Gasteiger partial charge is 0.223 e. The molecule has 1 fully saturated rings. The molecule has 0 unspecified atom stereocenters. The van der Waals surface area contributed by atoms with Gasteiger partial charge in [-0.15, -0.1) is 0 Å². The van der Waals surface area contributed by atoms with Crippen molar-refractivity contribution in [2.24, 2.45) is 0 Å². The van der Waals surface area contributed by atoms with Crippen LogP contribution >= 0.6 is 0 Å². The Bertz CT molecular complexity index is 1070. The van der Waals surface area contributed by atoms with Gasteiger partial charge in [0.1, 0.15) is 11.9 Å². The first-order valence-corrected chi connectivity index (χ1v) is 11.1. The fourth-order valence-electron chi connectivity index (χ4n) is 3.50. The summed E-state index contributed by atoms with van der Waals surface area (Å²) in [6.45, 7) is 6.03. The first-order valence-electron chi connectivity index (χ1n) is 9.66. The SMILES string of the molecule is CC(C)c1ccc(S(=O)(=O)c2[nH]nc3ccc(OC4CCNCC4)cc23)cc1. The van der Waals surface area contributed by atoms with Gasteiger partial charge in [0.25, 0.3) is 0 Å². The number of sulfone groups is 1. The molecule has 3 aromatic rings. The molecule has 2 aromatic carbocycles. The minimum Gasteiger partial charge on any atom is -0.490 e. The van der Waals surface area contributed by atoms with E-state index < -0.39 is 9.84 Å². The molecule has 0 atom stereocenters. The van der Waals surface area contributed by atoms with Crippen LogP contribution in [0, 0.1) is 0 Å². The van der Waals surface area contributed by atoms with Crippen LogP contribution < -0.4 is 10.1 Å². The number of piperidine rings is 1. The number of benzene rings is 2. The second kappa shape index (κ2) is 7.56. The Labute approximate surface area is 165 Å². The average molecular weight is 400 g/mol. The number of ether oxygens (including phenoxy) is 1. The maximum absolute atomic E-state index is 13.2. The molecule has 7 heteroatoms. The molecular weight excluding hydrogens is 374 g/mol. The molecule has 148 valence electrons. The number of fused-ring (bicyclic) bond motifs is 1. The maximum Gasteiger partial charge on any atom is 0.223 e. The van der Waals surface area contributed by atoms with Crippen LogP contribution in [0.25, 0.3) is 10.9 Å². The summed E-state index contributed by atoms with van der Waals surface area (Å²) in [6, 6.07) is 12.5. The predicted octanol–water partition coefficient (Wildman–Crippen LogP) is 3.65. The van der Waals surface area contributed by atoms with Crippen LogP contribution in [0.5, 0.6) is 5.75 Å². The molecule has 0 bridgehead atoms. The number of nitrogens with one attached hydrogen (secondary N) is 2. The summed E-state index contributed by atoms with van der Waals surface area (Å²) in [4.78, 5) is 0.257. The van der Waals surface area contributed by atoms with Crippen molar-refractivity contribution in [3.63, 3.8) is 0 Å². The molecule has 1 aliphatic rings. The van der Waals surface area contributed by atoms with E-state index in [1.54, 1.807) is 24.3 Å². The Morgan fingerprint density at radius 3 is 2.46 bits per heavy atom.